The van der Waals surface area contributed by atoms with Crippen LogP contribution in [0.3, 0.4) is 0 Å². The van der Waals surface area contributed by atoms with E-state index in [4.69, 9.17) is 4.74 Å². The monoisotopic (exact) mass is 154 g/mol. The number of hydrogen-bond donors (Lipinski definition) is 0. The first-order valence-electron chi connectivity index (χ1n) is 4.58. The molecule has 1 unspecified atom stereocenters. The summed E-state index contributed by atoms with van der Waals surface area (Å²) in [6.07, 6.45) is 9.57. The Morgan fingerprint density at radius 1 is 1.55 bits per heavy atom. The zero-order valence-electron chi connectivity index (χ0n) is 7.55. The van der Waals surface area contributed by atoms with Crippen molar-refractivity contribution >= 4 is 0 Å². The standard InChI is InChI=1S/C10H18O/c1-3-9(7-8-11-2)10-5-4-6-10/h7-10H,3-6H2,1-2H3/b8-7+. The Morgan fingerprint density at radius 2 is 2.27 bits per heavy atom. The molecule has 1 nitrogen and oxygen atoms in total. The van der Waals surface area contributed by atoms with Crippen LogP contribution in [0.2, 0.25) is 0 Å². The summed E-state index contributed by atoms with van der Waals surface area (Å²) in [5.41, 5.74) is 0. The summed E-state index contributed by atoms with van der Waals surface area (Å²) < 4.78 is 4.91. The summed E-state index contributed by atoms with van der Waals surface area (Å²) in [6, 6.07) is 0. The van der Waals surface area contributed by atoms with E-state index in [9.17, 15) is 0 Å². The highest BCUT2D eigenvalue weighted by Gasteiger charge is 2.23. The fraction of sp³-hybridized carbons (Fsp3) is 0.800. The van der Waals surface area contributed by atoms with Crippen LogP contribution >= 0.6 is 0 Å². The summed E-state index contributed by atoms with van der Waals surface area (Å²) in [4.78, 5) is 0. The average molecular weight is 154 g/mol. The molecule has 0 saturated heterocycles. The molecular formula is C10H18O. The van der Waals surface area contributed by atoms with Crippen molar-refractivity contribution in [3.05, 3.63) is 12.3 Å². The molecule has 1 saturated carbocycles. The van der Waals surface area contributed by atoms with Crippen LogP contribution in [0.15, 0.2) is 12.3 Å². The Balaban J connectivity index is 2.29. The van der Waals surface area contributed by atoms with Crippen molar-refractivity contribution in [1.82, 2.24) is 0 Å². The van der Waals surface area contributed by atoms with E-state index < -0.39 is 0 Å². The largest absolute Gasteiger partial charge is 0.505 e. The number of hydrogen-bond acceptors (Lipinski definition) is 1. The van der Waals surface area contributed by atoms with Gasteiger partial charge in [-0.1, -0.05) is 13.3 Å². The highest BCUT2D eigenvalue weighted by molar-refractivity contribution is 4.90. The van der Waals surface area contributed by atoms with Gasteiger partial charge in [-0.15, -0.1) is 0 Å². The Kier molecular flexibility index (Phi) is 3.47. The van der Waals surface area contributed by atoms with Crippen LogP contribution in [0, 0.1) is 11.8 Å². The van der Waals surface area contributed by atoms with Crippen molar-refractivity contribution in [3.8, 4) is 0 Å². The van der Waals surface area contributed by atoms with Gasteiger partial charge in [0.2, 0.25) is 0 Å². The fourth-order valence-electron chi connectivity index (χ4n) is 1.67. The highest BCUT2D eigenvalue weighted by Crippen LogP contribution is 2.35. The van der Waals surface area contributed by atoms with Crippen molar-refractivity contribution in [1.29, 1.82) is 0 Å². The predicted molar refractivity (Wildman–Crippen MR) is 47.3 cm³/mol. The third-order valence-corrected chi connectivity index (χ3v) is 2.69. The Labute approximate surface area is 69.4 Å². The van der Waals surface area contributed by atoms with Gasteiger partial charge in [0, 0.05) is 0 Å². The average Bonchev–Trinajstić information content (AvgIpc) is 1.93. The normalized spacial score (nSPS) is 21.6. The fourth-order valence-corrected chi connectivity index (χ4v) is 1.67. The lowest BCUT2D eigenvalue weighted by Gasteiger charge is -2.31. The lowest BCUT2D eigenvalue weighted by atomic mass is 9.75. The maximum Gasteiger partial charge on any atom is 0.0787 e. The van der Waals surface area contributed by atoms with Gasteiger partial charge in [-0.3, -0.25) is 0 Å². The lowest BCUT2D eigenvalue weighted by molar-refractivity contribution is 0.231. The number of rotatable bonds is 4. The van der Waals surface area contributed by atoms with Crippen molar-refractivity contribution in [2.24, 2.45) is 11.8 Å². The first-order valence-corrected chi connectivity index (χ1v) is 4.58. The van der Waals surface area contributed by atoms with Gasteiger partial charge in [-0.25, -0.2) is 0 Å². The Bertz CT molecular complexity index is 125. The van der Waals surface area contributed by atoms with Crippen molar-refractivity contribution in [3.63, 3.8) is 0 Å². The third-order valence-electron chi connectivity index (χ3n) is 2.69. The zero-order valence-corrected chi connectivity index (χ0v) is 7.55. The maximum absolute atomic E-state index is 4.91. The first-order chi connectivity index (χ1) is 5.38. The van der Waals surface area contributed by atoms with Gasteiger partial charge >= 0.3 is 0 Å². The van der Waals surface area contributed by atoms with E-state index in [1.807, 2.05) is 6.26 Å². The molecule has 1 aliphatic carbocycles. The van der Waals surface area contributed by atoms with Crippen molar-refractivity contribution < 1.29 is 4.74 Å². The molecule has 0 aromatic heterocycles. The van der Waals surface area contributed by atoms with Gasteiger partial charge in [0.1, 0.15) is 0 Å². The second-order valence-corrected chi connectivity index (χ2v) is 3.33. The van der Waals surface area contributed by atoms with Crippen molar-refractivity contribution in [2.75, 3.05) is 7.11 Å². The summed E-state index contributed by atoms with van der Waals surface area (Å²) in [5.74, 6) is 1.72. The van der Waals surface area contributed by atoms with Gasteiger partial charge in [-0.2, -0.15) is 0 Å². The quantitative estimate of drug-likeness (QED) is 0.566. The molecule has 0 N–H and O–H groups in total. The van der Waals surface area contributed by atoms with Crippen LogP contribution in [-0.2, 0) is 4.74 Å². The van der Waals surface area contributed by atoms with Crippen LogP contribution in [0.25, 0.3) is 0 Å². The molecule has 0 amide bonds. The minimum absolute atomic E-state index is 0.767. The molecule has 0 spiro atoms. The molecule has 1 fully saturated rings. The van der Waals surface area contributed by atoms with E-state index in [1.54, 1.807) is 7.11 Å². The van der Waals surface area contributed by atoms with Gasteiger partial charge in [0.05, 0.1) is 13.4 Å². The first kappa shape index (κ1) is 8.63. The van der Waals surface area contributed by atoms with E-state index in [0.717, 1.165) is 11.8 Å². The summed E-state index contributed by atoms with van der Waals surface area (Å²) in [5, 5.41) is 0. The molecule has 11 heavy (non-hydrogen) atoms. The second-order valence-electron chi connectivity index (χ2n) is 3.33. The van der Waals surface area contributed by atoms with Crippen molar-refractivity contribution in [2.45, 2.75) is 32.6 Å². The molecule has 1 heteroatoms. The van der Waals surface area contributed by atoms with Gasteiger partial charge in [0.15, 0.2) is 0 Å². The third kappa shape index (κ3) is 2.25. The number of methoxy groups -OCH3 is 1. The van der Waals surface area contributed by atoms with E-state index in [2.05, 4.69) is 13.0 Å². The lowest BCUT2D eigenvalue weighted by Crippen LogP contribution is -2.19. The van der Waals surface area contributed by atoms with Crippen LogP contribution in [-0.4, -0.2) is 7.11 Å². The van der Waals surface area contributed by atoms with Crippen LogP contribution in [0.5, 0.6) is 0 Å². The molecule has 0 radical (unpaired) electrons. The minimum Gasteiger partial charge on any atom is -0.505 e. The van der Waals surface area contributed by atoms with Gasteiger partial charge in [0.25, 0.3) is 0 Å². The van der Waals surface area contributed by atoms with Gasteiger partial charge in [-0.05, 0) is 37.2 Å². The second kappa shape index (κ2) is 4.42. The van der Waals surface area contributed by atoms with E-state index >= 15 is 0 Å². The molecular weight excluding hydrogens is 136 g/mol. The molecule has 1 rings (SSSR count). The highest BCUT2D eigenvalue weighted by atomic mass is 16.5. The smallest absolute Gasteiger partial charge is 0.0787 e. The topological polar surface area (TPSA) is 9.23 Å². The van der Waals surface area contributed by atoms with Crippen LogP contribution in [0.1, 0.15) is 32.6 Å². The van der Waals surface area contributed by atoms with Gasteiger partial charge < -0.3 is 4.74 Å². The molecule has 0 heterocycles. The predicted octanol–water partition coefficient (Wildman–Crippen LogP) is 2.97. The molecule has 0 bridgehead atoms. The number of allylic oxidation sites excluding steroid dienone is 1. The van der Waals surface area contributed by atoms with E-state index in [0.29, 0.717) is 0 Å². The molecule has 64 valence electrons. The molecule has 0 aliphatic heterocycles. The molecule has 0 aromatic carbocycles. The Hall–Kier alpha value is -0.460. The zero-order chi connectivity index (χ0) is 8.10. The van der Waals surface area contributed by atoms with E-state index in [-0.39, 0.29) is 0 Å². The van der Waals surface area contributed by atoms with Crippen LogP contribution in [0.4, 0.5) is 0 Å². The van der Waals surface area contributed by atoms with E-state index in [1.165, 1.54) is 25.7 Å². The molecule has 0 aromatic rings. The Morgan fingerprint density at radius 3 is 2.64 bits per heavy atom. The summed E-state index contributed by atoms with van der Waals surface area (Å²) in [6.45, 7) is 2.25. The summed E-state index contributed by atoms with van der Waals surface area (Å²) in [7, 11) is 1.71. The molecule has 1 atom stereocenters. The van der Waals surface area contributed by atoms with Crippen LogP contribution < -0.4 is 0 Å². The SMILES string of the molecule is CCC(/C=C/OC)C1CCC1. The number of ether oxygens (including phenoxy) is 1. The minimum atomic E-state index is 0.767. The maximum atomic E-state index is 4.91. The summed E-state index contributed by atoms with van der Waals surface area (Å²) >= 11 is 0. The molecule has 1 aliphatic rings.